The van der Waals surface area contributed by atoms with Crippen LogP contribution in [0.3, 0.4) is 0 Å². The molecular weight excluding hydrogens is 458 g/mol. The standard InChI is InChI=1S/C18H17BrF2N2O4S/c19-13-5-6-16(15(21)11-13)27-12-18(24)22-7-9-23(10-8-22)28(25,26)17-4-2-1-3-14(17)20/h1-6,11H,7-10,12H2. The van der Waals surface area contributed by atoms with Gasteiger partial charge in [0.2, 0.25) is 10.0 Å². The van der Waals surface area contributed by atoms with Crippen molar-refractivity contribution in [3.63, 3.8) is 0 Å². The molecule has 150 valence electrons. The van der Waals surface area contributed by atoms with Crippen molar-refractivity contribution in [1.82, 2.24) is 9.21 Å². The highest BCUT2D eigenvalue weighted by Crippen LogP contribution is 2.22. The van der Waals surface area contributed by atoms with Crippen LogP contribution < -0.4 is 4.74 Å². The van der Waals surface area contributed by atoms with Crippen LogP contribution in [0.2, 0.25) is 0 Å². The number of sulfonamides is 1. The molecule has 1 fully saturated rings. The predicted octanol–water partition coefficient (Wildman–Crippen LogP) is 2.64. The van der Waals surface area contributed by atoms with E-state index in [1.54, 1.807) is 6.07 Å². The number of carbonyl (C=O) groups excluding carboxylic acids is 1. The largest absolute Gasteiger partial charge is 0.481 e. The molecule has 0 saturated carbocycles. The molecule has 6 nitrogen and oxygen atoms in total. The molecule has 0 atom stereocenters. The third-order valence-corrected chi connectivity index (χ3v) is 6.72. The first-order valence-electron chi connectivity index (χ1n) is 8.39. The van der Waals surface area contributed by atoms with Crippen molar-refractivity contribution in [2.45, 2.75) is 4.90 Å². The van der Waals surface area contributed by atoms with Gasteiger partial charge in [-0.25, -0.2) is 17.2 Å². The molecule has 1 heterocycles. The third-order valence-electron chi connectivity index (χ3n) is 4.29. The molecule has 0 unspecified atom stereocenters. The van der Waals surface area contributed by atoms with Crippen LogP contribution in [-0.4, -0.2) is 56.3 Å². The van der Waals surface area contributed by atoms with E-state index in [0.29, 0.717) is 4.47 Å². The van der Waals surface area contributed by atoms with Gasteiger partial charge in [0, 0.05) is 30.7 Å². The molecule has 0 N–H and O–H groups in total. The van der Waals surface area contributed by atoms with Crippen molar-refractivity contribution in [2.24, 2.45) is 0 Å². The Kier molecular flexibility index (Phi) is 6.31. The lowest BCUT2D eigenvalue weighted by atomic mass is 10.3. The molecule has 2 aromatic carbocycles. The van der Waals surface area contributed by atoms with Crippen LogP contribution >= 0.6 is 15.9 Å². The van der Waals surface area contributed by atoms with E-state index < -0.39 is 21.7 Å². The molecular formula is C18H17BrF2N2O4S. The third kappa shape index (κ3) is 4.50. The van der Waals surface area contributed by atoms with Crippen molar-refractivity contribution in [3.05, 3.63) is 58.6 Å². The van der Waals surface area contributed by atoms with Crippen LogP contribution in [0.15, 0.2) is 51.8 Å². The monoisotopic (exact) mass is 474 g/mol. The molecule has 1 saturated heterocycles. The summed E-state index contributed by atoms with van der Waals surface area (Å²) in [7, 11) is -3.97. The summed E-state index contributed by atoms with van der Waals surface area (Å²) in [5.74, 6) is -1.84. The van der Waals surface area contributed by atoms with Gasteiger partial charge < -0.3 is 9.64 Å². The maximum atomic E-state index is 13.8. The van der Waals surface area contributed by atoms with Crippen LogP contribution in [-0.2, 0) is 14.8 Å². The quantitative estimate of drug-likeness (QED) is 0.667. The zero-order valence-electron chi connectivity index (χ0n) is 14.6. The topological polar surface area (TPSA) is 66.9 Å². The number of benzene rings is 2. The van der Waals surface area contributed by atoms with Crippen molar-refractivity contribution >= 4 is 31.9 Å². The Morgan fingerprint density at radius 1 is 1.04 bits per heavy atom. The molecule has 0 spiro atoms. The molecule has 1 aliphatic rings. The maximum Gasteiger partial charge on any atom is 0.260 e. The van der Waals surface area contributed by atoms with Crippen LogP contribution in [0.25, 0.3) is 0 Å². The number of carbonyl (C=O) groups is 1. The van der Waals surface area contributed by atoms with Gasteiger partial charge in [-0.05, 0) is 30.3 Å². The van der Waals surface area contributed by atoms with Gasteiger partial charge in [-0.15, -0.1) is 0 Å². The summed E-state index contributed by atoms with van der Waals surface area (Å²) in [6.07, 6.45) is 0. The number of halogens is 3. The summed E-state index contributed by atoms with van der Waals surface area (Å²) in [5.41, 5.74) is 0. The summed E-state index contributed by atoms with van der Waals surface area (Å²) in [4.78, 5) is 13.3. The number of rotatable bonds is 5. The molecule has 0 aromatic heterocycles. The Morgan fingerprint density at radius 3 is 2.36 bits per heavy atom. The normalized spacial score (nSPS) is 15.5. The Hall–Kier alpha value is -2.04. The minimum absolute atomic E-state index is 0.0368. The van der Waals surface area contributed by atoms with Crippen molar-refractivity contribution in [3.8, 4) is 5.75 Å². The lowest BCUT2D eigenvalue weighted by molar-refractivity contribution is -0.134. The molecule has 0 bridgehead atoms. The second-order valence-electron chi connectivity index (χ2n) is 6.08. The highest BCUT2D eigenvalue weighted by atomic mass is 79.9. The first kappa shape index (κ1) is 20.7. The molecule has 0 radical (unpaired) electrons. The van der Waals surface area contributed by atoms with Gasteiger partial charge in [0.1, 0.15) is 10.7 Å². The number of amides is 1. The van der Waals surface area contributed by atoms with E-state index in [1.165, 1.54) is 35.2 Å². The maximum absolute atomic E-state index is 13.8. The Bertz CT molecular complexity index is 979. The second kappa shape index (κ2) is 8.54. The Morgan fingerprint density at radius 2 is 1.71 bits per heavy atom. The van der Waals surface area contributed by atoms with Gasteiger partial charge in [0.05, 0.1) is 0 Å². The van der Waals surface area contributed by atoms with E-state index in [4.69, 9.17) is 4.74 Å². The fourth-order valence-corrected chi connectivity index (χ4v) is 4.61. The summed E-state index contributed by atoms with van der Waals surface area (Å²) in [6.45, 7) is -0.0138. The molecule has 2 aromatic rings. The van der Waals surface area contributed by atoms with E-state index in [-0.39, 0.29) is 49.3 Å². The van der Waals surface area contributed by atoms with Crippen molar-refractivity contribution in [1.29, 1.82) is 0 Å². The number of hydrogen-bond acceptors (Lipinski definition) is 4. The average molecular weight is 475 g/mol. The van der Waals surface area contributed by atoms with Gasteiger partial charge in [0.25, 0.3) is 5.91 Å². The van der Waals surface area contributed by atoms with E-state index >= 15 is 0 Å². The number of hydrogen-bond donors (Lipinski definition) is 0. The van der Waals surface area contributed by atoms with Gasteiger partial charge in [-0.2, -0.15) is 4.31 Å². The molecule has 3 rings (SSSR count). The van der Waals surface area contributed by atoms with E-state index in [2.05, 4.69) is 15.9 Å². The highest BCUT2D eigenvalue weighted by Gasteiger charge is 2.31. The predicted molar refractivity (Wildman–Crippen MR) is 101 cm³/mol. The smallest absolute Gasteiger partial charge is 0.260 e. The van der Waals surface area contributed by atoms with E-state index in [1.807, 2.05) is 0 Å². The molecule has 1 amide bonds. The van der Waals surface area contributed by atoms with Gasteiger partial charge in [-0.1, -0.05) is 28.1 Å². The number of piperazine rings is 1. The van der Waals surface area contributed by atoms with Gasteiger partial charge in [0.15, 0.2) is 18.2 Å². The minimum atomic E-state index is -3.97. The summed E-state index contributed by atoms with van der Waals surface area (Å²) < 4.78 is 59.6. The van der Waals surface area contributed by atoms with Gasteiger partial charge in [-0.3, -0.25) is 4.79 Å². The summed E-state index contributed by atoms with van der Waals surface area (Å²) in [5, 5.41) is 0. The van der Waals surface area contributed by atoms with Crippen LogP contribution in [0.5, 0.6) is 5.75 Å². The lowest BCUT2D eigenvalue weighted by Crippen LogP contribution is -2.51. The first-order chi connectivity index (χ1) is 13.3. The first-order valence-corrected chi connectivity index (χ1v) is 10.6. The van der Waals surface area contributed by atoms with Crippen molar-refractivity contribution < 1.29 is 26.7 Å². The zero-order valence-corrected chi connectivity index (χ0v) is 17.0. The van der Waals surface area contributed by atoms with Crippen LogP contribution in [0, 0.1) is 11.6 Å². The lowest BCUT2D eigenvalue weighted by Gasteiger charge is -2.34. The van der Waals surface area contributed by atoms with E-state index in [0.717, 1.165) is 10.4 Å². The Labute approximate surface area is 169 Å². The van der Waals surface area contributed by atoms with Crippen LogP contribution in [0.4, 0.5) is 8.78 Å². The average Bonchev–Trinajstić information content (AvgIpc) is 2.67. The van der Waals surface area contributed by atoms with Gasteiger partial charge >= 0.3 is 0 Å². The highest BCUT2D eigenvalue weighted by molar-refractivity contribution is 9.10. The van der Waals surface area contributed by atoms with Crippen LogP contribution in [0.1, 0.15) is 0 Å². The fourth-order valence-electron chi connectivity index (χ4n) is 2.79. The molecule has 28 heavy (non-hydrogen) atoms. The number of ether oxygens (including phenoxy) is 1. The SMILES string of the molecule is O=C(COc1ccc(Br)cc1F)N1CCN(S(=O)(=O)c2ccccc2F)CC1. The fraction of sp³-hybridized carbons (Fsp3) is 0.278. The summed E-state index contributed by atoms with van der Waals surface area (Å²) >= 11 is 3.13. The Balaban J connectivity index is 1.57. The van der Waals surface area contributed by atoms with E-state index in [9.17, 15) is 22.0 Å². The molecule has 10 heteroatoms. The minimum Gasteiger partial charge on any atom is -0.481 e. The molecule has 1 aliphatic heterocycles. The summed E-state index contributed by atoms with van der Waals surface area (Å²) in [6, 6.07) is 9.40. The zero-order chi connectivity index (χ0) is 20.3. The molecule has 0 aliphatic carbocycles. The second-order valence-corrected chi connectivity index (χ2v) is 8.90. The van der Waals surface area contributed by atoms with Crippen molar-refractivity contribution in [2.75, 3.05) is 32.8 Å². The number of nitrogens with zero attached hydrogens (tertiary/aromatic N) is 2.